The normalized spacial score (nSPS) is 11.5. The zero-order valence-corrected chi connectivity index (χ0v) is 10.4. The fourth-order valence-corrected chi connectivity index (χ4v) is 1.56. The molecule has 1 aromatic rings. The number of hydrogen-bond donors (Lipinski definition) is 2. The van der Waals surface area contributed by atoms with Crippen LogP contribution in [0.1, 0.15) is 33.6 Å². The number of nitrogen functional groups attached to an aromatic ring is 1. The van der Waals surface area contributed by atoms with Gasteiger partial charge in [-0.3, -0.25) is 0 Å². The van der Waals surface area contributed by atoms with Crippen LogP contribution in [0.4, 0.5) is 11.4 Å². The minimum atomic E-state index is 0.0821. The molecule has 3 heteroatoms. The predicted octanol–water partition coefficient (Wildman–Crippen LogP) is 3.91. The summed E-state index contributed by atoms with van der Waals surface area (Å²) in [5.74, 6) is 0. The van der Waals surface area contributed by atoms with Crippen molar-refractivity contribution in [2.45, 2.75) is 39.2 Å². The van der Waals surface area contributed by atoms with Gasteiger partial charge in [0.1, 0.15) is 0 Å². The monoisotopic (exact) mass is 226 g/mol. The van der Waals surface area contributed by atoms with E-state index in [1.165, 1.54) is 0 Å². The Hall–Kier alpha value is -0.890. The molecule has 0 aliphatic rings. The average molecular weight is 227 g/mol. The second-order valence-corrected chi connectivity index (χ2v) is 4.56. The van der Waals surface area contributed by atoms with Crippen molar-refractivity contribution in [2.24, 2.45) is 0 Å². The maximum atomic E-state index is 5.94. The molecule has 0 radical (unpaired) electrons. The first-order valence-corrected chi connectivity index (χ1v) is 5.71. The molecule has 0 bridgehead atoms. The van der Waals surface area contributed by atoms with Crippen molar-refractivity contribution in [2.75, 3.05) is 11.1 Å². The van der Waals surface area contributed by atoms with Crippen molar-refractivity contribution in [3.63, 3.8) is 0 Å². The quantitative estimate of drug-likeness (QED) is 0.764. The van der Waals surface area contributed by atoms with Crippen LogP contribution in [-0.2, 0) is 0 Å². The van der Waals surface area contributed by atoms with Crippen LogP contribution in [0.2, 0.25) is 5.02 Å². The molecule has 0 unspecified atom stereocenters. The number of nitrogens with one attached hydrogen (secondary N) is 1. The molecule has 0 amide bonds. The second kappa shape index (κ2) is 4.75. The van der Waals surface area contributed by atoms with Crippen molar-refractivity contribution in [3.05, 3.63) is 23.2 Å². The SMILES string of the molecule is CCC(C)(CC)Nc1cc(Cl)ccc1N. The number of hydrogen-bond acceptors (Lipinski definition) is 2. The largest absolute Gasteiger partial charge is 0.397 e. The van der Waals surface area contributed by atoms with Crippen LogP contribution < -0.4 is 11.1 Å². The van der Waals surface area contributed by atoms with Crippen LogP contribution in [0, 0.1) is 0 Å². The van der Waals surface area contributed by atoms with Gasteiger partial charge in [-0.15, -0.1) is 0 Å². The van der Waals surface area contributed by atoms with Crippen LogP contribution in [0.25, 0.3) is 0 Å². The van der Waals surface area contributed by atoms with Crippen molar-refractivity contribution in [3.8, 4) is 0 Å². The van der Waals surface area contributed by atoms with Crippen molar-refractivity contribution in [1.29, 1.82) is 0 Å². The molecule has 1 rings (SSSR count). The zero-order chi connectivity index (χ0) is 11.5. The first-order chi connectivity index (χ1) is 7.00. The topological polar surface area (TPSA) is 38.0 Å². The Morgan fingerprint density at radius 1 is 1.33 bits per heavy atom. The lowest BCUT2D eigenvalue weighted by atomic mass is 9.95. The molecule has 2 nitrogen and oxygen atoms in total. The molecule has 0 aromatic heterocycles. The highest BCUT2D eigenvalue weighted by Crippen LogP contribution is 2.28. The highest BCUT2D eigenvalue weighted by atomic mass is 35.5. The summed E-state index contributed by atoms with van der Waals surface area (Å²) in [4.78, 5) is 0. The molecule has 0 saturated carbocycles. The third kappa shape index (κ3) is 3.03. The highest BCUT2D eigenvalue weighted by molar-refractivity contribution is 6.31. The third-order valence-corrected chi connectivity index (χ3v) is 3.25. The Bertz CT molecular complexity index is 332. The van der Waals surface area contributed by atoms with Gasteiger partial charge in [-0.25, -0.2) is 0 Å². The molecule has 0 fully saturated rings. The van der Waals surface area contributed by atoms with Crippen molar-refractivity contribution >= 4 is 23.0 Å². The summed E-state index contributed by atoms with van der Waals surface area (Å²) in [6.45, 7) is 6.52. The van der Waals surface area contributed by atoms with E-state index in [9.17, 15) is 0 Å². The number of halogens is 1. The molecule has 0 spiro atoms. The fraction of sp³-hybridized carbons (Fsp3) is 0.500. The van der Waals surface area contributed by atoms with E-state index in [4.69, 9.17) is 17.3 Å². The van der Waals surface area contributed by atoms with Gasteiger partial charge in [-0.05, 0) is 38.0 Å². The average Bonchev–Trinajstić information content (AvgIpc) is 2.23. The summed E-state index contributed by atoms with van der Waals surface area (Å²) in [7, 11) is 0. The van der Waals surface area contributed by atoms with Gasteiger partial charge in [0.05, 0.1) is 11.4 Å². The Labute approximate surface area is 96.8 Å². The summed E-state index contributed by atoms with van der Waals surface area (Å²) in [6.07, 6.45) is 2.10. The summed E-state index contributed by atoms with van der Waals surface area (Å²) >= 11 is 5.94. The molecule has 15 heavy (non-hydrogen) atoms. The van der Waals surface area contributed by atoms with E-state index in [1.807, 2.05) is 12.1 Å². The molecule has 84 valence electrons. The Balaban J connectivity index is 2.92. The van der Waals surface area contributed by atoms with Crippen molar-refractivity contribution < 1.29 is 0 Å². The smallest absolute Gasteiger partial charge is 0.0593 e. The van der Waals surface area contributed by atoms with Gasteiger partial charge in [0, 0.05) is 10.6 Å². The van der Waals surface area contributed by atoms with Gasteiger partial charge < -0.3 is 11.1 Å². The number of nitrogens with two attached hydrogens (primary N) is 1. The standard InChI is InChI=1S/C12H19ClN2/c1-4-12(3,5-2)15-11-8-9(13)6-7-10(11)14/h6-8,15H,4-5,14H2,1-3H3. The Morgan fingerprint density at radius 2 is 1.93 bits per heavy atom. The summed E-state index contributed by atoms with van der Waals surface area (Å²) in [5, 5.41) is 4.16. The first kappa shape index (κ1) is 12.2. The van der Waals surface area contributed by atoms with Gasteiger partial charge in [-0.1, -0.05) is 25.4 Å². The number of anilines is 2. The van der Waals surface area contributed by atoms with Crippen LogP contribution in [0.3, 0.4) is 0 Å². The van der Waals surface area contributed by atoms with E-state index in [2.05, 4.69) is 26.1 Å². The number of benzene rings is 1. The third-order valence-electron chi connectivity index (χ3n) is 3.01. The Kier molecular flexibility index (Phi) is 3.86. The van der Waals surface area contributed by atoms with E-state index >= 15 is 0 Å². The van der Waals surface area contributed by atoms with E-state index in [1.54, 1.807) is 6.07 Å². The first-order valence-electron chi connectivity index (χ1n) is 5.34. The molecular formula is C12H19ClN2. The molecule has 0 aliphatic carbocycles. The van der Waals surface area contributed by atoms with Crippen LogP contribution >= 0.6 is 11.6 Å². The predicted molar refractivity (Wildman–Crippen MR) is 68.5 cm³/mol. The molecule has 0 atom stereocenters. The van der Waals surface area contributed by atoms with E-state index < -0.39 is 0 Å². The molecular weight excluding hydrogens is 208 g/mol. The summed E-state index contributed by atoms with van der Waals surface area (Å²) in [5.41, 5.74) is 7.63. The highest BCUT2D eigenvalue weighted by Gasteiger charge is 2.19. The zero-order valence-electron chi connectivity index (χ0n) is 9.60. The summed E-state index contributed by atoms with van der Waals surface area (Å²) in [6, 6.07) is 5.51. The van der Waals surface area contributed by atoms with Gasteiger partial charge in [0.25, 0.3) is 0 Å². The Morgan fingerprint density at radius 3 is 2.47 bits per heavy atom. The van der Waals surface area contributed by atoms with Crippen LogP contribution in [0.5, 0.6) is 0 Å². The maximum absolute atomic E-state index is 5.94. The molecule has 3 N–H and O–H groups in total. The number of rotatable bonds is 4. The van der Waals surface area contributed by atoms with Crippen molar-refractivity contribution in [1.82, 2.24) is 0 Å². The summed E-state index contributed by atoms with van der Waals surface area (Å²) < 4.78 is 0. The van der Waals surface area contributed by atoms with Crippen LogP contribution in [0.15, 0.2) is 18.2 Å². The van der Waals surface area contributed by atoms with Gasteiger partial charge in [0.2, 0.25) is 0 Å². The van der Waals surface area contributed by atoms with Gasteiger partial charge in [-0.2, -0.15) is 0 Å². The van der Waals surface area contributed by atoms with Gasteiger partial charge in [0.15, 0.2) is 0 Å². The van der Waals surface area contributed by atoms with Gasteiger partial charge >= 0.3 is 0 Å². The minimum Gasteiger partial charge on any atom is -0.397 e. The molecule has 0 heterocycles. The molecule has 0 aliphatic heterocycles. The lowest BCUT2D eigenvalue weighted by molar-refractivity contribution is 0.479. The van der Waals surface area contributed by atoms with E-state index in [0.717, 1.165) is 24.2 Å². The minimum absolute atomic E-state index is 0.0821. The fourth-order valence-electron chi connectivity index (χ4n) is 1.39. The van der Waals surface area contributed by atoms with E-state index in [-0.39, 0.29) is 5.54 Å². The lowest BCUT2D eigenvalue weighted by Crippen LogP contribution is -2.33. The van der Waals surface area contributed by atoms with Crippen LogP contribution in [-0.4, -0.2) is 5.54 Å². The lowest BCUT2D eigenvalue weighted by Gasteiger charge is -2.30. The molecule has 0 saturated heterocycles. The molecule has 1 aromatic carbocycles. The second-order valence-electron chi connectivity index (χ2n) is 4.12. The van der Waals surface area contributed by atoms with E-state index in [0.29, 0.717) is 5.02 Å². The maximum Gasteiger partial charge on any atom is 0.0593 e.